The van der Waals surface area contributed by atoms with E-state index < -0.39 is 17.6 Å². The zero-order chi connectivity index (χ0) is 14.0. The fraction of sp³-hybridized carbons (Fsp3) is 0.0909. The number of aromatic amines is 1. The minimum absolute atomic E-state index is 0.0210. The number of para-hydroxylation sites is 1. The van der Waals surface area contributed by atoms with Crippen LogP contribution >= 0.6 is 0 Å². The molecule has 1 aromatic heterocycles. The van der Waals surface area contributed by atoms with E-state index in [1.807, 2.05) is 0 Å². The third kappa shape index (κ3) is 2.51. The van der Waals surface area contributed by atoms with Crippen LogP contribution in [0.2, 0.25) is 0 Å². The van der Waals surface area contributed by atoms with Gasteiger partial charge in [0.25, 0.3) is 5.91 Å². The zero-order valence-corrected chi connectivity index (χ0v) is 9.84. The van der Waals surface area contributed by atoms with Crippen LogP contribution in [0.25, 0.3) is 0 Å². The number of aromatic nitrogens is 3. The molecule has 2 aromatic rings. The van der Waals surface area contributed by atoms with Crippen molar-refractivity contribution < 1.29 is 19.8 Å². The Balaban J connectivity index is 2.27. The largest absolute Gasteiger partial charge is 0.505 e. The normalized spacial score (nSPS) is 10.2. The van der Waals surface area contributed by atoms with Crippen LogP contribution in [0.15, 0.2) is 18.2 Å². The number of amides is 1. The topological polar surface area (TPSA) is 128 Å². The van der Waals surface area contributed by atoms with Gasteiger partial charge in [0.15, 0.2) is 5.75 Å². The Hall–Kier alpha value is -2.90. The van der Waals surface area contributed by atoms with Gasteiger partial charge in [0.05, 0.1) is 5.69 Å². The van der Waals surface area contributed by atoms with Crippen LogP contribution in [0, 0.1) is 6.92 Å². The number of carbonyl (C=O) groups excluding carboxylic acids is 1. The highest BCUT2D eigenvalue weighted by Crippen LogP contribution is 2.27. The number of benzene rings is 1. The summed E-state index contributed by atoms with van der Waals surface area (Å²) in [5, 5.41) is 27.0. The first-order valence-corrected chi connectivity index (χ1v) is 5.24. The molecule has 8 heteroatoms. The number of hydrogen-bond acceptors (Lipinski definition) is 5. The molecular weight excluding hydrogens is 252 g/mol. The fourth-order valence-electron chi connectivity index (χ4n) is 1.44. The first-order chi connectivity index (χ1) is 8.99. The lowest BCUT2D eigenvalue weighted by Crippen LogP contribution is -2.14. The molecule has 0 saturated carbocycles. The number of aromatic hydroxyl groups is 1. The lowest BCUT2D eigenvalue weighted by Gasteiger charge is -2.07. The summed E-state index contributed by atoms with van der Waals surface area (Å²) in [6.45, 7) is 1.63. The maximum absolute atomic E-state index is 11.7. The van der Waals surface area contributed by atoms with Crippen molar-refractivity contribution in [3.05, 3.63) is 35.4 Å². The van der Waals surface area contributed by atoms with Crippen LogP contribution in [0.5, 0.6) is 5.75 Å². The predicted octanol–water partition coefficient (Wildman–Crippen LogP) is 0.769. The fourth-order valence-corrected chi connectivity index (χ4v) is 1.44. The molecule has 0 aliphatic rings. The summed E-state index contributed by atoms with van der Waals surface area (Å²) in [5.41, 5.74) is -0.323. The van der Waals surface area contributed by atoms with Crippen molar-refractivity contribution >= 4 is 17.6 Å². The summed E-state index contributed by atoms with van der Waals surface area (Å²) in [4.78, 5) is 26.4. The minimum Gasteiger partial charge on any atom is -0.505 e. The molecule has 1 aromatic carbocycles. The van der Waals surface area contributed by atoms with Gasteiger partial charge in [0.1, 0.15) is 11.4 Å². The van der Waals surface area contributed by atoms with Crippen molar-refractivity contribution in [1.29, 1.82) is 0 Å². The van der Waals surface area contributed by atoms with Crippen LogP contribution in [0.4, 0.5) is 5.69 Å². The van der Waals surface area contributed by atoms with Gasteiger partial charge in [-0.15, -0.1) is 5.10 Å². The Morgan fingerprint density at radius 3 is 2.68 bits per heavy atom. The molecule has 98 valence electrons. The van der Waals surface area contributed by atoms with Crippen molar-refractivity contribution in [2.45, 2.75) is 6.92 Å². The van der Waals surface area contributed by atoms with Crippen molar-refractivity contribution in [2.75, 3.05) is 5.32 Å². The number of phenols is 1. The zero-order valence-electron chi connectivity index (χ0n) is 9.84. The number of carbonyl (C=O) groups is 2. The van der Waals surface area contributed by atoms with Crippen molar-refractivity contribution in [2.24, 2.45) is 0 Å². The molecule has 0 unspecified atom stereocenters. The van der Waals surface area contributed by atoms with Gasteiger partial charge in [-0.1, -0.05) is 6.07 Å². The number of aryl methyl sites for hydroxylation is 1. The van der Waals surface area contributed by atoms with Crippen LogP contribution in [-0.4, -0.2) is 37.3 Å². The van der Waals surface area contributed by atoms with Gasteiger partial charge < -0.3 is 15.5 Å². The average Bonchev–Trinajstić information content (AvgIpc) is 2.78. The van der Waals surface area contributed by atoms with Gasteiger partial charge in [0.2, 0.25) is 5.82 Å². The maximum Gasteiger partial charge on any atom is 0.339 e. The highest BCUT2D eigenvalue weighted by Gasteiger charge is 2.17. The number of nitrogens with one attached hydrogen (secondary N) is 2. The Labute approximate surface area is 107 Å². The monoisotopic (exact) mass is 262 g/mol. The van der Waals surface area contributed by atoms with Crippen LogP contribution in [0.1, 0.15) is 26.8 Å². The summed E-state index contributed by atoms with van der Waals surface area (Å²) in [7, 11) is 0. The summed E-state index contributed by atoms with van der Waals surface area (Å²) in [5.74, 6) is -2.09. The predicted molar refractivity (Wildman–Crippen MR) is 64.1 cm³/mol. The van der Waals surface area contributed by atoms with Crippen LogP contribution in [-0.2, 0) is 0 Å². The number of anilines is 1. The molecule has 0 aliphatic heterocycles. The minimum atomic E-state index is -1.29. The van der Waals surface area contributed by atoms with E-state index in [-0.39, 0.29) is 17.1 Å². The Kier molecular flexibility index (Phi) is 3.15. The summed E-state index contributed by atoms with van der Waals surface area (Å²) < 4.78 is 0. The highest BCUT2D eigenvalue weighted by molar-refractivity contribution is 6.04. The number of H-pyrrole nitrogens is 1. The second kappa shape index (κ2) is 4.77. The summed E-state index contributed by atoms with van der Waals surface area (Å²) in [6.07, 6.45) is 0. The number of rotatable bonds is 3. The molecule has 0 saturated heterocycles. The van der Waals surface area contributed by atoms with Gasteiger partial charge >= 0.3 is 5.97 Å². The van der Waals surface area contributed by atoms with E-state index in [1.54, 1.807) is 6.92 Å². The second-order valence-electron chi connectivity index (χ2n) is 3.71. The molecule has 0 spiro atoms. The van der Waals surface area contributed by atoms with Crippen LogP contribution < -0.4 is 5.32 Å². The van der Waals surface area contributed by atoms with E-state index in [4.69, 9.17) is 5.11 Å². The van der Waals surface area contributed by atoms with Gasteiger partial charge in [-0.25, -0.2) is 9.78 Å². The number of aromatic carboxylic acids is 1. The molecule has 19 heavy (non-hydrogen) atoms. The molecule has 2 rings (SSSR count). The van der Waals surface area contributed by atoms with Gasteiger partial charge in [0, 0.05) is 0 Å². The molecule has 1 amide bonds. The Morgan fingerprint density at radius 2 is 2.11 bits per heavy atom. The molecule has 4 N–H and O–H groups in total. The molecule has 0 aliphatic carbocycles. The second-order valence-corrected chi connectivity index (χ2v) is 3.71. The molecule has 8 nitrogen and oxygen atoms in total. The molecule has 0 radical (unpaired) electrons. The molecule has 0 bridgehead atoms. The van der Waals surface area contributed by atoms with Gasteiger partial charge in [-0.05, 0) is 19.1 Å². The van der Waals surface area contributed by atoms with E-state index in [0.29, 0.717) is 5.82 Å². The van der Waals surface area contributed by atoms with E-state index in [1.165, 1.54) is 18.2 Å². The quantitative estimate of drug-likeness (QED) is 0.605. The van der Waals surface area contributed by atoms with Crippen molar-refractivity contribution in [1.82, 2.24) is 15.2 Å². The molecule has 0 atom stereocenters. The van der Waals surface area contributed by atoms with Gasteiger partial charge in [-0.3, -0.25) is 9.89 Å². The Bertz CT molecular complexity index is 650. The number of carboxylic acid groups (broad SMARTS) is 1. The van der Waals surface area contributed by atoms with Crippen LogP contribution in [0.3, 0.4) is 0 Å². The molecule has 1 heterocycles. The number of hydrogen-bond donors (Lipinski definition) is 4. The van der Waals surface area contributed by atoms with E-state index in [0.717, 1.165) is 0 Å². The standard InChI is InChI=1S/C11H10N4O4/c1-5-12-9(15-14-5)10(17)13-7-4-2-3-6(8(7)16)11(18)19/h2-4,16H,1H3,(H,13,17)(H,18,19)(H,12,14,15). The van der Waals surface area contributed by atoms with Crippen molar-refractivity contribution in [3.8, 4) is 5.75 Å². The smallest absolute Gasteiger partial charge is 0.339 e. The third-order valence-electron chi connectivity index (χ3n) is 2.31. The lowest BCUT2D eigenvalue weighted by atomic mass is 10.1. The molecular formula is C11H10N4O4. The third-order valence-corrected chi connectivity index (χ3v) is 2.31. The van der Waals surface area contributed by atoms with E-state index in [2.05, 4.69) is 20.5 Å². The van der Waals surface area contributed by atoms with E-state index >= 15 is 0 Å². The first kappa shape index (κ1) is 12.6. The summed E-state index contributed by atoms with van der Waals surface area (Å²) in [6, 6.07) is 4.01. The van der Waals surface area contributed by atoms with Crippen molar-refractivity contribution in [3.63, 3.8) is 0 Å². The average molecular weight is 262 g/mol. The SMILES string of the molecule is Cc1nc(C(=O)Nc2cccc(C(=O)O)c2O)n[nH]1. The molecule has 0 fully saturated rings. The lowest BCUT2D eigenvalue weighted by molar-refractivity contribution is 0.0693. The maximum atomic E-state index is 11.7. The van der Waals surface area contributed by atoms with E-state index in [9.17, 15) is 14.7 Å². The Morgan fingerprint density at radius 1 is 1.37 bits per heavy atom. The summed E-state index contributed by atoms with van der Waals surface area (Å²) >= 11 is 0. The van der Waals surface area contributed by atoms with Gasteiger partial charge in [-0.2, -0.15) is 0 Å². The highest BCUT2D eigenvalue weighted by atomic mass is 16.4. The number of carboxylic acids is 1. The first-order valence-electron chi connectivity index (χ1n) is 5.24. The number of nitrogens with zero attached hydrogens (tertiary/aromatic N) is 2.